The molecule has 0 unspecified atom stereocenters. The van der Waals surface area contributed by atoms with Crippen molar-refractivity contribution in [2.24, 2.45) is 5.92 Å². The summed E-state index contributed by atoms with van der Waals surface area (Å²) in [6.07, 6.45) is -1.72. The molecule has 3 N–H and O–H groups in total. The van der Waals surface area contributed by atoms with Gasteiger partial charge in [0.05, 0.1) is 0 Å². The molecule has 1 heterocycles. The first-order chi connectivity index (χ1) is 16.6. The quantitative estimate of drug-likeness (QED) is 0.358. The van der Waals surface area contributed by atoms with Crippen LogP contribution < -0.4 is 25.4 Å². The van der Waals surface area contributed by atoms with Gasteiger partial charge in [-0.1, -0.05) is 0 Å². The van der Waals surface area contributed by atoms with Crippen LogP contribution in [0.5, 0.6) is 17.2 Å². The molecule has 0 radical (unpaired) electrons. The second-order valence-electron chi connectivity index (χ2n) is 7.54. The minimum absolute atomic E-state index is 0.00108. The summed E-state index contributed by atoms with van der Waals surface area (Å²) < 4.78 is 60.4. The topological polar surface area (TPSA) is 102 Å². The first-order valence-electron chi connectivity index (χ1n) is 10.3. The van der Waals surface area contributed by atoms with Crippen LogP contribution in [0, 0.1) is 11.7 Å². The van der Waals surface area contributed by atoms with Crippen molar-refractivity contribution in [3.8, 4) is 17.2 Å². The minimum Gasteiger partial charge on any atom is -0.454 e. The monoisotopic (exact) mass is 490 g/mol. The number of ether oxygens (including phenoxy) is 2. The first kappa shape index (κ1) is 23.8. The van der Waals surface area contributed by atoms with Gasteiger partial charge in [-0.05, 0) is 55.3 Å². The van der Waals surface area contributed by atoms with Crippen molar-refractivity contribution in [1.29, 1.82) is 0 Å². The molecule has 3 amide bonds. The zero-order valence-corrected chi connectivity index (χ0v) is 17.9. The number of urea groups is 1. The number of benzene rings is 2. The fourth-order valence-electron chi connectivity index (χ4n) is 2.94. The molecular weight excluding hydrogens is 472 g/mol. The molecule has 182 valence electrons. The van der Waals surface area contributed by atoms with E-state index < -0.39 is 24.0 Å². The molecule has 12 heteroatoms. The number of halogens is 4. The molecule has 1 aliphatic rings. The molecule has 0 spiro atoms. The maximum atomic E-state index is 14.5. The number of nitrogens with zero attached hydrogens (tertiary/aromatic N) is 1. The fourth-order valence-corrected chi connectivity index (χ4v) is 2.94. The van der Waals surface area contributed by atoms with E-state index in [1.165, 1.54) is 42.6 Å². The Morgan fingerprint density at radius 3 is 2.23 bits per heavy atom. The van der Waals surface area contributed by atoms with Crippen LogP contribution >= 0.6 is 0 Å². The van der Waals surface area contributed by atoms with E-state index in [9.17, 15) is 27.2 Å². The van der Waals surface area contributed by atoms with E-state index in [1.807, 2.05) is 0 Å². The SMILES string of the molecule is O=C(Nc1ccc(OC(F)(F)F)cc1)Nc1ccc(Oc2ccnc(NC(=O)C3CC3)c2)c(F)c1. The number of aromatic nitrogens is 1. The van der Waals surface area contributed by atoms with Gasteiger partial charge in [-0.2, -0.15) is 0 Å². The Bertz CT molecular complexity index is 1230. The Kier molecular flexibility index (Phi) is 6.71. The van der Waals surface area contributed by atoms with Gasteiger partial charge in [0.2, 0.25) is 5.91 Å². The molecule has 1 aromatic heterocycles. The lowest BCUT2D eigenvalue weighted by Gasteiger charge is -2.12. The van der Waals surface area contributed by atoms with Crippen LogP contribution in [0.3, 0.4) is 0 Å². The van der Waals surface area contributed by atoms with Gasteiger partial charge in [-0.3, -0.25) is 4.79 Å². The van der Waals surface area contributed by atoms with Crippen LogP contribution in [0.2, 0.25) is 0 Å². The Morgan fingerprint density at radius 2 is 1.57 bits per heavy atom. The molecule has 2 aromatic carbocycles. The van der Waals surface area contributed by atoms with Gasteiger partial charge in [-0.25, -0.2) is 14.2 Å². The average molecular weight is 490 g/mol. The molecule has 4 rings (SSSR count). The molecule has 0 saturated heterocycles. The molecule has 0 aliphatic heterocycles. The Hall–Kier alpha value is -4.35. The number of alkyl halides is 3. The number of nitrogens with one attached hydrogen (secondary N) is 3. The molecule has 0 bridgehead atoms. The third kappa shape index (κ3) is 7.06. The van der Waals surface area contributed by atoms with Crippen molar-refractivity contribution in [1.82, 2.24) is 4.98 Å². The molecule has 3 aromatic rings. The predicted octanol–water partition coefficient (Wildman–Crippen LogP) is 5.90. The second kappa shape index (κ2) is 9.87. The van der Waals surface area contributed by atoms with Crippen LogP contribution in [0.4, 0.5) is 39.5 Å². The normalized spacial score (nSPS) is 13.0. The first-order valence-corrected chi connectivity index (χ1v) is 10.3. The van der Waals surface area contributed by atoms with Crippen LogP contribution in [0.1, 0.15) is 12.8 Å². The van der Waals surface area contributed by atoms with Gasteiger partial charge in [0.25, 0.3) is 0 Å². The molecule has 8 nitrogen and oxygen atoms in total. The van der Waals surface area contributed by atoms with E-state index in [2.05, 4.69) is 25.7 Å². The zero-order chi connectivity index (χ0) is 25.0. The fraction of sp³-hybridized carbons (Fsp3) is 0.174. The molecule has 1 saturated carbocycles. The van der Waals surface area contributed by atoms with E-state index in [0.717, 1.165) is 31.0 Å². The van der Waals surface area contributed by atoms with Crippen molar-refractivity contribution in [3.05, 3.63) is 66.6 Å². The Balaban J connectivity index is 1.33. The lowest BCUT2D eigenvalue weighted by Crippen LogP contribution is -2.19. The third-order valence-electron chi connectivity index (χ3n) is 4.69. The van der Waals surface area contributed by atoms with Crippen molar-refractivity contribution in [3.63, 3.8) is 0 Å². The van der Waals surface area contributed by atoms with Crippen molar-refractivity contribution >= 4 is 29.1 Å². The molecule has 35 heavy (non-hydrogen) atoms. The lowest BCUT2D eigenvalue weighted by molar-refractivity contribution is -0.274. The van der Waals surface area contributed by atoms with Crippen LogP contribution in [-0.2, 0) is 4.79 Å². The van der Waals surface area contributed by atoms with Crippen molar-refractivity contribution in [2.45, 2.75) is 19.2 Å². The summed E-state index contributed by atoms with van der Waals surface area (Å²) in [4.78, 5) is 28.0. The van der Waals surface area contributed by atoms with Crippen molar-refractivity contribution < 1.29 is 36.6 Å². The zero-order valence-electron chi connectivity index (χ0n) is 17.9. The molecule has 0 atom stereocenters. The largest absolute Gasteiger partial charge is 0.573 e. The van der Waals surface area contributed by atoms with Crippen LogP contribution in [0.25, 0.3) is 0 Å². The van der Waals surface area contributed by atoms with Gasteiger partial charge in [0.1, 0.15) is 17.3 Å². The van der Waals surface area contributed by atoms with E-state index in [4.69, 9.17) is 4.74 Å². The third-order valence-corrected chi connectivity index (χ3v) is 4.69. The summed E-state index contributed by atoms with van der Waals surface area (Å²) in [7, 11) is 0. The Morgan fingerprint density at radius 1 is 0.886 bits per heavy atom. The summed E-state index contributed by atoms with van der Waals surface area (Å²) in [6.45, 7) is 0. The van der Waals surface area contributed by atoms with Gasteiger partial charge >= 0.3 is 12.4 Å². The highest BCUT2D eigenvalue weighted by atomic mass is 19.4. The van der Waals surface area contributed by atoms with Gasteiger partial charge < -0.3 is 25.4 Å². The summed E-state index contributed by atoms with van der Waals surface area (Å²) in [5, 5.41) is 7.49. The smallest absolute Gasteiger partial charge is 0.454 e. The second-order valence-corrected chi connectivity index (χ2v) is 7.54. The number of carbonyl (C=O) groups excluding carboxylic acids is 2. The van der Waals surface area contributed by atoms with Crippen LogP contribution in [-0.4, -0.2) is 23.3 Å². The van der Waals surface area contributed by atoms with E-state index in [-0.39, 0.29) is 40.5 Å². The number of amides is 3. The maximum absolute atomic E-state index is 14.5. The van der Waals surface area contributed by atoms with Gasteiger partial charge in [0.15, 0.2) is 11.6 Å². The lowest BCUT2D eigenvalue weighted by atomic mass is 10.3. The van der Waals surface area contributed by atoms with Crippen molar-refractivity contribution in [2.75, 3.05) is 16.0 Å². The highest BCUT2D eigenvalue weighted by molar-refractivity contribution is 5.99. The number of pyridine rings is 1. The number of rotatable bonds is 7. The molecule has 1 aliphatic carbocycles. The molecule has 1 fully saturated rings. The molecular formula is C23H18F4N4O4. The highest BCUT2D eigenvalue weighted by Crippen LogP contribution is 2.31. The summed E-state index contributed by atoms with van der Waals surface area (Å²) in [5.41, 5.74) is 0.302. The number of hydrogen-bond donors (Lipinski definition) is 3. The summed E-state index contributed by atoms with van der Waals surface area (Å²) in [6, 6.07) is 10.5. The van der Waals surface area contributed by atoms with E-state index in [0.29, 0.717) is 0 Å². The standard InChI is InChI=1S/C23H18F4N4O4/c24-18-11-15(30-22(33)29-14-3-6-16(7-4-14)35-23(25,26)27)5-8-19(18)34-17-9-10-28-20(12-17)31-21(32)13-1-2-13/h3-13H,1-2H2,(H,28,31,32)(H2,29,30,33). The predicted molar refractivity (Wildman–Crippen MR) is 118 cm³/mol. The number of carbonyl (C=O) groups is 2. The average Bonchev–Trinajstić information content (AvgIpc) is 3.62. The number of hydrogen-bond acceptors (Lipinski definition) is 5. The van der Waals surface area contributed by atoms with Crippen LogP contribution in [0.15, 0.2) is 60.8 Å². The Labute approximate surface area is 196 Å². The highest BCUT2D eigenvalue weighted by Gasteiger charge is 2.31. The summed E-state index contributed by atoms with van der Waals surface area (Å²) >= 11 is 0. The number of anilines is 3. The maximum Gasteiger partial charge on any atom is 0.573 e. The van der Waals surface area contributed by atoms with E-state index in [1.54, 1.807) is 0 Å². The van der Waals surface area contributed by atoms with Gasteiger partial charge in [-0.15, -0.1) is 13.2 Å². The minimum atomic E-state index is -4.82. The van der Waals surface area contributed by atoms with Gasteiger partial charge in [0, 0.05) is 35.6 Å². The van der Waals surface area contributed by atoms with E-state index >= 15 is 0 Å². The summed E-state index contributed by atoms with van der Waals surface area (Å²) in [5.74, 6) is -0.917.